The molecule has 0 saturated heterocycles. The summed E-state index contributed by atoms with van der Waals surface area (Å²) in [6, 6.07) is -0.109. The highest BCUT2D eigenvalue weighted by Gasteiger charge is 2.40. The molecular formula is C15H31NO3Si. The van der Waals surface area contributed by atoms with Crippen molar-refractivity contribution in [3.8, 4) is 0 Å². The lowest BCUT2D eigenvalue weighted by Crippen LogP contribution is -2.47. The highest BCUT2D eigenvalue weighted by atomic mass is 28.4. The van der Waals surface area contributed by atoms with Crippen molar-refractivity contribution in [2.45, 2.75) is 83.2 Å². The molecule has 0 saturated carbocycles. The minimum absolute atomic E-state index is 0.109. The summed E-state index contributed by atoms with van der Waals surface area (Å²) < 4.78 is 7.11. The van der Waals surface area contributed by atoms with E-state index in [4.69, 9.17) is 4.43 Å². The average molecular weight is 302 g/mol. The normalized spacial score (nSPS) is 24.1. The van der Waals surface area contributed by atoms with Crippen molar-refractivity contribution in [3.63, 3.8) is 0 Å². The van der Waals surface area contributed by atoms with Gasteiger partial charge in [-0.25, -0.2) is 4.74 Å². The Labute approximate surface area is 124 Å². The van der Waals surface area contributed by atoms with Crippen molar-refractivity contribution in [1.29, 1.82) is 0 Å². The zero-order valence-corrected chi connectivity index (χ0v) is 14.9. The molecule has 2 atom stereocenters. The van der Waals surface area contributed by atoms with E-state index in [2.05, 4.69) is 33.9 Å². The Morgan fingerprint density at radius 2 is 1.95 bits per heavy atom. The summed E-state index contributed by atoms with van der Waals surface area (Å²) in [6.07, 6.45) is 4.90. The van der Waals surface area contributed by atoms with Crippen LogP contribution in [0.5, 0.6) is 0 Å². The Balaban J connectivity index is 2.57. The summed E-state index contributed by atoms with van der Waals surface area (Å²) >= 11 is 0. The number of aliphatic hydroxyl groups is 1. The summed E-state index contributed by atoms with van der Waals surface area (Å²) in [5, 5.41) is 22.4. The predicted octanol–water partition coefficient (Wildman–Crippen LogP) is 3.28. The molecule has 0 aromatic carbocycles. The van der Waals surface area contributed by atoms with Gasteiger partial charge in [-0.15, -0.1) is 0 Å². The van der Waals surface area contributed by atoms with E-state index in [1.54, 1.807) is 13.1 Å². The zero-order chi connectivity index (χ0) is 15.6. The van der Waals surface area contributed by atoms with Crippen LogP contribution in [0.1, 0.15) is 53.4 Å². The van der Waals surface area contributed by atoms with E-state index in [1.165, 1.54) is 0 Å². The van der Waals surface area contributed by atoms with Crippen LogP contribution in [0.25, 0.3) is 0 Å². The summed E-state index contributed by atoms with van der Waals surface area (Å²) in [5.74, 6) is 0. The topological polar surface area (TPSA) is 55.5 Å². The molecule has 0 radical (unpaired) electrons. The second kappa shape index (κ2) is 6.16. The average Bonchev–Trinajstić information content (AvgIpc) is 2.28. The van der Waals surface area contributed by atoms with Gasteiger partial charge in [0.25, 0.3) is 0 Å². The Morgan fingerprint density at radius 1 is 1.35 bits per heavy atom. The molecule has 1 aliphatic heterocycles. The lowest BCUT2D eigenvalue weighted by molar-refractivity contribution is -0.508. The molecule has 1 aliphatic rings. The summed E-state index contributed by atoms with van der Waals surface area (Å²) in [4.78, 5) is 0. The third-order valence-electron chi connectivity index (χ3n) is 4.64. The molecule has 0 spiro atoms. The van der Waals surface area contributed by atoms with E-state index in [1.807, 2.05) is 0 Å². The third-order valence-corrected chi connectivity index (χ3v) is 9.11. The maximum absolute atomic E-state index is 11.8. The van der Waals surface area contributed by atoms with Crippen LogP contribution in [0.2, 0.25) is 18.1 Å². The molecule has 0 aromatic rings. The van der Waals surface area contributed by atoms with Crippen molar-refractivity contribution in [2.75, 3.05) is 6.61 Å². The molecule has 0 fully saturated rings. The zero-order valence-electron chi connectivity index (χ0n) is 13.9. The van der Waals surface area contributed by atoms with E-state index in [-0.39, 0.29) is 11.1 Å². The predicted molar refractivity (Wildman–Crippen MR) is 85.7 cm³/mol. The van der Waals surface area contributed by atoms with E-state index in [0.29, 0.717) is 13.0 Å². The second-order valence-corrected chi connectivity index (χ2v) is 12.7. The fourth-order valence-electron chi connectivity index (χ4n) is 2.16. The van der Waals surface area contributed by atoms with Crippen LogP contribution in [0.4, 0.5) is 0 Å². The number of hydroxylamine groups is 1. The van der Waals surface area contributed by atoms with Crippen LogP contribution >= 0.6 is 0 Å². The van der Waals surface area contributed by atoms with Gasteiger partial charge >= 0.3 is 0 Å². The molecule has 0 bridgehead atoms. The number of nitrogens with zero attached hydrogens (tertiary/aromatic N) is 1. The van der Waals surface area contributed by atoms with E-state index in [0.717, 1.165) is 24.0 Å². The van der Waals surface area contributed by atoms with Crippen LogP contribution < -0.4 is 0 Å². The molecule has 4 nitrogen and oxygen atoms in total. The highest BCUT2D eigenvalue weighted by Crippen LogP contribution is 2.37. The molecule has 0 aromatic heterocycles. The van der Waals surface area contributed by atoms with Crippen LogP contribution in [-0.2, 0) is 4.43 Å². The van der Waals surface area contributed by atoms with E-state index >= 15 is 0 Å². The molecule has 1 N–H and O–H groups in total. The van der Waals surface area contributed by atoms with Crippen LogP contribution in [0.3, 0.4) is 0 Å². The molecule has 5 heteroatoms. The first kappa shape index (κ1) is 17.7. The Hall–Kier alpha value is -0.393. The van der Waals surface area contributed by atoms with E-state index < -0.39 is 13.9 Å². The minimum atomic E-state index is -1.86. The van der Waals surface area contributed by atoms with Gasteiger partial charge in [-0.3, -0.25) is 0 Å². The van der Waals surface area contributed by atoms with Gasteiger partial charge in [-0.05, 0) is 31.5 Å². The fraction of sp³-hybridized carbons (Fsp3) is 0.933. The number of hydrogen-bond acceptors (Lipinski definition) is 3. The number of rotatable bonds is 5. The summed E-state index contributed by atoms with van der Waals surface area (Å²) in [6.45, 7) is 13.0. The maximum Gasteiger partial charge on any atom is 0.192 e. The van der Waals surface area contributed by atoms with Gasteiger partial charge < -0.3 is 14.7 Å². The van der Waals surface area contributed by atoms with Gasteiger partial charge in [-0.2, -0.15) is 0 Å². The van der Waals surface area contributed by atoms with Gasteiger partial charge in [0.05, 0.1) is 12.2 Å². The molecule has 1 rings (SSSR count). The van der Waals surface area contributed by atoms with E-state index in [9.17, 15) is 10.3 Å². The number of hydrogen-bond donors (Lipinski definition) is 1. The second-order valence-electron chi connectivity index (χ2n) is 7.88. The molecule has 0 aliphatic carbocycles. The van der Waals surface area contributed by atoms with Crippen molar-refractivity contribution in [1.82, 2.24) is 0 Å². The highest BCUT2D eigenvalue weighted by molar-refractivity contribution is 6.74. The first-order valence-electron chi connectivity index (χ1n) is 7.60. The molecule has 0 unspecified atom stereocenters. The molecule has 20 heavy (non-hydrogen) atoms. The van der Waals surface area contributed by atoms with Crippen molar-refractivity contribution >= 4 is 14.5 Å². The Morgan fingerprint density at radius 3 is 2.45 bits per heavy atom. The van der Waals surface area contributed by atoms with Crippen LogP contribution in [-0.4, -0.2) is 42.6 Å². The summed E-state index contributed by atoms with van der Waals surface area (Å²) in [5.41, 5.74) is -0.936. The minimum Gasteiger partial charge on any atom is -0.624 e. The lowest BCUT2D eigenvalue weighted by Gasteiger charge is -2.39. The van der Waals surface area contributed by atoms with Crippen molar-refractivity contribution in [3.05, 3.63) is 5.21 Å². The van der Waals surface area contributed by atoms with Crippen LogP contribution in [0.15, 0.2) is 0 Å². The largest absolute Gasteiger partial charge is 0.624 e. The van der Waals surface area contributed by atoms with Gasteiger partial charge in [0.1, 0.15) is 0 Å². The first-order chi connectivity index (χ1) is 8.95. The monoisotopic (exact) mass is 301 g/mol. The first-order valence-corrected chi connectivity index (χ1v) is 10.5. The SMILES string of the molecule is CC(C)(C)[Si](C)(C)OC[C@](C)(O)C[C@H]1CCCC=[N+]1[O-]. The standard InChI is InChI=1S/C15H31NO3Si/c1-14(2,3)20(5,6)19-12-15(4,17)11-13-9-7-8-10-16(13)18/h10,13,17H,7-9,11-12H2,1-6H3/t13-,15-/m1/s1. The lowest BCUT2D eigenvalue weighted by atomic mass is 9.93. The Bertz CT molecular complexity index is 359. The molecule has 1 heterocycles. The van der Waals surface area contributed by atoms with Gasteiger partial charge in [0.15, 0.2) is 20.6 Å². The van der Waals surface area contributed by atoms with Gasteiger partial charge in [-0.1, -0.05) is 20.8 Å². The maximum atomic E-state index is 11.8. The molecule has 0 amide bonds. The van der Waals surface area contributed by atoms with Crippen molar-refractivity contribution in [2.24, 2.45) is 0 Å². The molecular weight excluding hydrogens is 270 g/mol. The smallest absolute Gasteiger partial charge is 0.192 e. The fourth-order valence-corrected chi connectivity index (χ4v) is 3.26. The van der Waals surface area contributed by atoms with Crippen molar-refractivity contribution < 1.29 is 14.3 Å². The quantitative estimate of drug-likeness (QED) is 0.481. The van der Waals surface area contributed by atoms with Gasteiger partial charge in [0, 0.05) is 19.3 Å². The Kier molecular flexibility index (Phi) is 5.44. The van der Waals surface area contributed by atoms with Crippen LogP contribution in [0, 0.1) is 5.21 Å². The molecule has 118 valence electrons. The van der Waals surface area contributed by atoms with Gasteiger partial charge in [0.2, 0.25) is 0 Å². The summed E-state index contributed by atoms with van der Waals surface area (Å²) in [7, 11) is -1.86. The third kappa shape index (κ3) is 4.86.